The van der Waals surface area contributed by atoms with Crippen molar-refractivity contribution in [2.75, 3.05) is 24.6 Å². The second-order valence-electron chi connectivity index (χ2n) is 5.32. The van der Waals surface area contributed by atoms with Crippen molar-refractivity contribution in [3.8, 4) is 0 Å². The Morgan fingerprint density at radius 3 is 2.55 bits per heavy atom. The van der Waals surface area contributed by atoms with Crippen molar-refractivity contribution in [3.05, 3.63) is 29.6 Å². The number of anilines is 1. The number of nitrogens with one attached hydrogen (secondary N) is 1. The quantitative estimate of drug-likeness (QED) is 0.769. The first-order chi connectivity index (χ1) is 9.52. The van der Waals surface area contributed by atoms with Crippen LogP contribution in [0.2, 0.25) is 0 Å². The Balaban J connectivity index is 3.17. The van der Waals surface area contributed by atoms with Crippen molar-refractivity contribution >= 4 is 5.69 Å². The number of aliphatic hydroxyl groups excluding tert-OH is 1. The van der Waals surface area contributed by atoms with Gasteiger partial charge in [-0.3, -0.25) is 0 Å². The number of rotatable bonds is 8. The number of halogens is 1. The lowest BCUT2D eigenvalue weighted by atomic mass is 10.0. The van der Waals surface area contributed by atoms with E-state index in [-0.39, 0.29) is 24.5 Å². The summed E-state index contributed by atoms with van der Waals surface area (Å²) in [6.07, 6.45) is 0.640. The standard InChI is InChI=1S/C16H27FN2O/c1-5-18-13(4)14-8-6-9-15(17)16(14)19(12(2)3)10-7-11-20/h6,8-9,12-13,18,20H,5,7,10-11H2,1-4H3. The van der Waals surface area contributed by atoms with Crippen LogP contribution < -0.4 is 10.2 Å². The molecule has 1 unspecified atom stereocenters. The molecule has 2 N–H and O–H groups in total. The largest absolute Gasteiger partial charge is 0.396 e. The molecule has 0 saturated heterocycles. The van der Waals surface area contributed by atoms with Gasteiger partial charge in [-0.1, -0.05) is 19.1 Å². The van der Waals surface area contributed by atoms with E-state index in [2.05, 4.69) is 5.32 Å². The average molecular weight is 282 g/mol. The minimum atomic E-state index is -0.195. The fourth-order valence-electron chi connectivity index (χ4n) is 2.47. The molecule has 1 aromatic carbocycles. The summed E-state index contributed by atoms with van der Waals surface area (Å²) in [5.74, 6) is -0.195. The maximum atomic E-state index is 14.4. The van der Waals surface area contributed by atoms with Crippen LogP contribution in [0, 0.1) is 5.82 Å². The smallest absolute Gasteiger partial charge is 0.146 e. The van der Waals surface area contributed by atoms with Gasteiger partial charge in [0.1, 0.15) is 5.82 Å². The van der Waals surface area contributed by atoms with Crippen LogP contribution in [0.3, 0.4) is 0 Å². The Kier molecular flexibility index (Phi) is 6.96. The maximum absolute atomic E-state index is 14.4. The molecule has 0 spiro atoms. The predicted molar refractivity (Wildman–Crippen MR) is 82.7 cm³/mol. The van der Waals surface area contributed by atoms with Gasteiger partial charge in [-0.25, -0.2) is 4.39 Å². The molecule has 4 heteroatoms. The molecule has 0 bridgehead atoms. The number of benzene rings is 1. The molecule has 20 heavy (non-hydrogen) atoms. The van der Waals surface area contributed by atoms with Gasteiger partial charge >= 0.3 is 0 Å². The van der Waals surface area contributed by atoms with Crippen molar-refractivity contribution < 1.29 is 9.50 Å². The summed E-state index contributed by atoms with van der Waals surface area (Å²) >= 11 is 0. The van der Waals surface area contributed by atoms with Crippen molar-refractivity contribution in [2.24, 2.45) is 0 Å². The minimum Gasteiger partial charge on any atom is -0.396 e. The van der Waals surface area contributed by atoms with Gasteiger partial charge in [-0.05, 0) is 45.4 Å². The summed E-state index contributed by atoms with van der Waals surface area (Å²) in [5.41, 5.74) is 1.63. The molecule has 0 aliphatic rings. The predicted octanol–water partition coefficient (Wildman–Crippen LogP) is 3.09. The summed E-state index contributed by atoms with van der Waals surface area (Å²) < 4.78 is 14.4. The van der Waals surface area contributed by atoms with Gasteiger partial charge in [-0.15, -0.1) is 0 Å². The van der Waals surface area contributed by atoms with Crippen molar-refractivity contribution in [2.45, 2.75) is 46.2 Å². The summed E-state index contributed by atoms with van der Waals surface area (Å²) in [6.45, 7) is 9.80. The Labute approximate surface area is 121 Å². The molecule has 1 atom stereocenters. The van der Waals surface area contributed by atoms with Gasteiger partial charge in [0.25, 0.3) is 0 Å². The molecular weight excluding hydrogens is 255 g/mol. The number of nitrogens with zero attached hydrogens (tertiary/aromatic N) is 1. The molecule has 0 fully saturated rings. The fraction of sp³-hybridized carbons (Fsp3) is 0.625. The highest BCUT2D eigenvalue weighted by Gasteiger charge is 2.21. The van der Waals surface area contributed by atoms with Gasteiger partial charge in [0.05, 0.1) is 5.69 Å². The van der Waals surface area contributed by atoms with Gasteiger partial charge in [0.2, 0.25) is 0 Å². The number of aliphatic hydroxyl groups is 1. The Bertz CT molecular complexity index is 409. The topological polar surface area (TPSA) is 35.5 Å². The normalized spacial score (nSPS) is 12.8. The summed E-state index contributed by atoms with van der Waals surface area (Å²) in [7, 11) is 0. The van der Waals surface area contributed by atoms with Crippen LogP contribution in [0.15, 0.2) is 18.2 Å². The maximum Gasteiger partial charge on any atom is 0.146 e. The SMILES string of the molecule is CCNC(C)c1cccc(F)c1N(CCCO)C(C)C. The van der Waals surface area contributed by atoms with Gasteiger partial charge in [0, 0.05) is 25.2 Å². The molecule has 114 valence electrons. The molecule has 0 aliphatic carbocycles. The number of hydrogen-bond donors (Lipinski definition) is 2. The van der Waals surface area contributed by atoms with Crippen molar-refractivity contribution in [3.63, 3.8) is 0 Å². The van der Waals surface area contributed by atoms with Crippen LogP contribution in [-0.4, -0.2) is 30.8 Å². The molecule has 0 radical (unpaired) electrons. The highest BCUT2D eigenvalue weighted by molar-refractivity contribution is 5.56. The van der Waals surface area contributed by atoms with E-state index in [9.17, 15) is 4.39 Å². The van der Waals surface area contributed by atoms with Crippen LogP contribution in [0.5, 0.6) is 0 Å². The van der Waals surface area contributed by atoms with E-state index in [0.717, 1.165) is 12.1 Å². The lowest BCUT2D eigenvalue weighted by Gasteiger charge is -2.32. The Morgan fingerprint density at radius 1 is 1.30 bits per heavy atom. The van der Waals surface area contributed by atoms with Crippen LogP contribution in [0.4, 0.5) is 10.1 Å². The zero-order chi connectivity index (χ0) is 15.1. The first kappa shape index (κ1) is 16.9. The molecule has 1 aromatic rings. The van der Waals surface area contributed by atoms with Crippen molar-refractivity contribution in [1.82, 2.24) is 5.32 Å². The third-order valence-electron chi connectivity index (χ3n) is 3.46. The average Bonchev–Trinajstić information content (AvgIpc) is 2.40. The molecule has 3 nitrogen and oxygen atoms in total. The van der Waals surface area contributed by atoms with Gasteiger partial charge in [0.15, 0.2) is 0 Å². The van der Waals surface area contributed by atoms with E-state index >= 15 is 0 Å². The molecule has 0 aliphatic heterocycles. The van der Waals surface area contributed by atoms with E-state index in [4.69, 9.17) is 5.11 Å². The third-order valence-corrected chi connectivity index (χ3v) is 3.46. The first-order valence-corrected chi connectivity index (χ1v) is 7.42. The zero-order valence-corrected chi connectivity index (χ0v) is 13.0. The highest BCUT2D eigenvalue weighted by Crippen LogP contribution is 2.30. The van der Waals surface area contributed by atoms with Crippen LogP contribution in [0.1, 0.15) is 45.7 Å². The molecule has 1 rings (SSSR count). The number of para-hydroxylation sites is 1. The Morgan fingerprint density at radius 2 is 2.00 bits per heavy atom. The lowest BCUT2D eigenvalue weighted by molar-refractivity contribution is 0.288. The Hall–Kier alpha value is -1.13. The van der Waals surface area contributed by atoms with E-state index in [1.54, 1.807) is 6.07 Å². The number of hydrogen-bond acceptors (Lipinski definition) is 3. The van der Waals surface area contributed by atoms with Crippen LogP contribution in [-0.2, 0) is 0 Å². The van der Waals surface area contributed by atoms with E-state index in [1.165, 1.54) is 6.07 Å². The van der Waals surface area contributed by atoms with Crippen LogP contribution in [0.25, 0.3) is 0 Å². The van der Waals surface area contributed by atoms with E-state index < -0.39 is 0 Å². The summed E-state index contributed by atoms with van der Waals surface area (Å²) in [4.78, 5) is 2.04. The van der Waals surface area contributed by atoms with E-state index in [1.807, 2.05) is 38.7 Å². The molecule has 0 aromatic heterocycles. The summed E-state index contributed by atoms with van der Waals surface area (Å²) in [5, 5.41) is 12.4. The second-order valence-corrected chi connectivity index (χ2v) is 5.32. The zero-order valence-electron chi connectivity index (χ0n) is 13.0. The van der Waals surface area contributed by atoms with Gasteiger partial charge in [-0.2, -0.15) is 0 Å². The fourth-order valence-corrected chi connectivity index (χ4v) is 2.47. The molecular formula is C16H27FN2O. The molecule has 0 saturated carbocycles. The molecule has 0 amide bonds. The monoisotopic (exact) mass is 282 g/mol. The van der Waals surface area contributed by atoms with Crippen molar-refractivity contribution in [1.29, 1.82) is 0 Å². The van der Waals surface area contributed by atoms with E-state index in [0.29, 0.717) is 18.7 Å². The minimum absolute atomic E-state index is 0.0982. The first-order valence-electron chi connectivity index (χ1n) is 7.42. The third kappa shape index (κ3) is 4.18. The summed E-state index contributed by atoms with van der Waals surface area (Å²) in [6, 6.07) is 5.52. The van der Waals surface area contributed by atoms with Gasteiger partial charge < -0.3 is 15.3 Å². The lowest BCUT2D eigenvalue weighted by Crippen LogP contribution is -2.35. The second kappa shape index (κ2) is 8.22. The molecule has 0 heterocycles. The van der Waals surface area contributed by atoms with Crippen LogP contribution >= 0.6 is 0 Å². The highest BCUT2D eigenvalue weighted by atomic mass is 19.1.